The van der Waals surface area contributed by atoms with Crippen molar-refractivity contribution in [1.29, 1.82) is 0 Å². The van der Waals surface area contributed by atoms with E-state index in [0.29, 0.717) is 11.0 Å². The Morgan fingerprint density at radius 1 is 1.26 bits per heavy atom. The topological polar surface area (TPSA) is 35.0 Å². The summed E-state index contributed by atoms with van der Waals surface area (Å²) in [5.74, 6) is 3.22. The number of hydrogen-bond donors (Lipinski definition) is 0. The van der Waals surface area contributed by atoms with Gasteiger partial charge in [0.15, 0.2) is 5.82 Å². The zero-order valence-electron chi connectivity index (χ0n) is 10.7. The largest absolute Gasteiger partial charge is 0.496 e. The number of halogens is 1. The highest BCUT2D eigenvalue weighted by atomic mass is 35.5. The van der Waals surface area contributed by atoms with Gasteiger partial charge in [0.2, 0.25) is 0 Å². The number of aryl methyl sites for hydroxylation is 1. The van der Waals surface area contributed by atoms with Crippen LogP contribution in [0.15, 0.2) is 18.2 Å². The average Bonchev–Trinajstić information content (AvgIpc) is 2.87. The first-order chi connectivity index (χ1) is 9.19. The van der Waals surface area contributed by atoms with E-state index in [1.807, 2.05) is 36.9 Å². The van der Waals surface area contributed by atoms with E-state index in [4.69, 9.17) is 16.3 Å². The highest BCUT2D eigenvalue weighted by molar-refractivity contribution is 7.98. The quantitative estimate of drug-likeness (QED) is 0.787. The summed E-state index contributed by atoms with van der Waals surface area (Å²) in [6.07, 6.45) is 0. The molecular formula is C14H13ClN2OS. The fraction of sp³-hybridized carbons (Fsp3) is 0.286. The molecular weight excluding hydrogens is 280 g/mol. The van der Waals surface area contributed by atoms with Crippen LogP contribution in [-0.2, 0) is 11.5 Å². The van der Waals surface area contributed by atoms with Gasteiger partial charge in [0, 0.05) is 17.1 Å². The van der Waals surface area contributed by atoms with Crippen LogP contribution in [-0.4, -0.2) is 17.1 Å². The van der Waals surface area contributed by atoms with Crippen molar-refractivity contribution in [3.05, 3.63) is 40.2 Å². The number of hydrogen-bond acceptors (Lipinski definition) is 4. The van der Waals surface area contributed by atoms with Gasteiger partial charge in [0.1, 0.15) is 10.9 Å². The molecule has 1 aliphatic rings. The van der Waals surface area contributed by atoms with Crippen LogP contribution in [0.1, 0.15) is 16.8 Å². The Hall–Kier alpha value is -1.26. The summed E-state index contributed by atoms with van der Waals surface area (Å²) in [6.45, 7) is 2.03. The van der Waals surface area contributed by atoms with Crippen LogP contribution in [0.2, 0.25) is 5.15 Å². The zero-order valence-corrected chi connectivity index (χ0v) is 12.3. The van der Waals surface area contributed by atoms with Gasteiger partial charge >= 0.3 is 0 Å². The van der Waals surface area contributed by atoms with E-state index in [0.717, 1.165) is 39.6 Å². The molecule has 0 fully saturated rings. The van der Waals surface area contributed by atoms with Crippen molar-refractivity contribution in [2.45, 2.75) is 18.4 Å². The van der Waals surface area contributed by atoms with Crippen molar-refractivity contribution in [1.82, 2.24) is 9.97 Å². The predicted octanol–water partition coefficient (Wildman–Crippen LogP) is 3.86. The van der Waals surface area contributed by atoms with E-state index >= 15 is 0 Å². The molecule has 0 saturated carbocycles. The normalized spacial score (nSPS) is 13.4. The smallest absolute Gasteiger partial charge is 0.164 e. The Balaban J connectivity index is 2.15. The van der Waals surface area contributed by atoms with Gasteiger partial charge < -0.3 is 4.74 Å². The van der Waals surface area contributed by atoms with Gasteiger partial charge in [-0.15, -0.1) is 0 Å². The molecule has 2 heterocycles. The van der Waals surface area contributed by atoms with Crippen molar-refractivity contribution in [2.75, 3.05) is 7.11 Å². The van der Waals surface area contributed by atoms with Crippen LogP contribution in [0.4, 0.5) is 0 Å². The van der Waals surface area contributed by atoms with Crippen molar-refractivity contribution in [2.24, 2.45) is 0 Å². The summed E-state index contributed by atoms with van der Waals surface area (Å²) < 4.78 is 5.41. The molecule has 0 bridgehead atoms. The molecule has 0 N–H and O–H groups in total. The summed E-state index contributed by atoms with van der Waals surface area (Å²) in [6, 6.07) is 5.99. The van der Waals surface area contributed by atoms with Crippen molar-refractivity contribution < 1.29 is 4.74 Å². The summed E-state index contributed by atoms with van der Waals surface area (Å²) in [4.78, 5) is 9.04. The third-order valence-corrected chi connectivity index (χ3v) is 4.41. The molecule has 0 spiro atoms. The van der Waals surface area contributed by atoms with Crippen LogP contribution < -0.4 is 4.74 Å². The Bertz CT molecular complexity index is 646. The zero-order chi connectivity index (χ0) is 13.4. The molecule has 0 saturated heterocycles. The molecule has 2 aromatic rings. The SMILES string of the molecule is COc1cc(C)ccc1-c1nc(Cl)c2c(n1)CSC2. The maximum atomic E-state index is 6.25. The number of aromatic nitrogens is 2. The van der Waals surface area contributed by atoms with Crippen molar-refractivity contribution in [3.8, 4) is 17.1 Å². The first kappa shape index (κ1) is 12.8. The van der Waals surface area contributed by atoms with Crippen LogP contribution in [0, 0.1) is 6.92 Å². The van der Waals surface area contributed by atoms with Crippen LogP contribution in [0.25, 0.3) is 11.4 Å². The average molecular weight is 293 g/mol. The number of methoxy groups -OCH3 is 1. The molecule has 3 rings (SSSR count). The van der Waals surface area contributed by atoms with Gasteiger partial charge in [-0.05, 0) is 24.6 Å². The summed E-state index contributed by atoms with van der Waals surface area (Å²) in [5.41, 5.74) is 4.14. The molecule has 19 heavy (non-hydrogen) atoms. The second-order valence-electron chi connectivity index (χ2n) is 4.46. The van der Waals surface area contributed by atoms with Crippen LogP contribution in [0.3, 0.4) is 0 Å². The van der Waals surface area contributed by atoms with E-state index in [9.17, 15) is 0 Å². The van der Waals surface area contributed by atoms with E-state index in [-0.39, 0.29) is 0 Å². The fourth-order valence-corrected chi connectivity index (χ4v) is 3.49. The van der Waals surface area contributed by atoms with Crippen molar-refractivity contribution >= 4 is 23.4 Å². The summed E-state index contributed by atoms with van der Waals surface area (Å²) in [5, 5.41) is 0.563. The molecule has 98 valence electrons. The van der Waals surface area contributed by atoms with Crippen molar-refractivity contribution in [3.63, 3.8) is 0 Å². The maximum absolute atomic E-state index is 6.25. The second kappa shape index (κ2) is 5.02. The third kappa shape index (κ3) is 2.30. The number of ether oxygens (including phenoxy) is 1. The lowest BCUT2D eigenvalue weighted by Gasteiger charge is -2.10. The number of rotatable bonds is 2. The Labute approximate surface area is 121 Å². The Morgan fingerprint density at radius 2 is 2.11 bits per heavy atom. The van der Waals surface area contributed by atoms with Gasteiger partial charge in [-0.3, -0.25) is 0 Å². The van der Waals surface area contributed by atoms with E-state index in [1.165, 1.54) is 0 Å². The summed E-state index contributed by atoms with van der Waals surface area (Å²) >= 11 is 8.06. The minimum Gasteiger partial charge on any atom is -0.496 e. The number of fused-ring (bicyclic) bond motifs is 1. The van der Waals surface area contributed by atoms with Gasteiger partial charge in [0.25, 0.3) is 0 Å². The van der Waals surface area contributed by atoms with E-state index in [2.05, 4.69) is 9.97 Å². The third-order valence-electron chi connectivity index (χ3n) is 3.13. The van der Waals surface area contributed by atoms with Gasteiger partial charge in [-0.1, -0.05) is 17.7 Å². The minimum absolute atomic E-state index is 0.563. The first-order valence-electron chi connectivity index (χ1n) is 5.97. The number of nitrogens with zero attached hydrogens (tertiary/aromatic N) is 2. The molecule has 1 aromatic carbocycles. The van der Waals surface area contributed by atoms with Gasteiger partial charge in [-0.25, -0.2) is 9.97 Å². The van der Waals surface area contributed by atoms with Crippen LogP contribution >= 0.6 is 23.4 Å². The fourth-order valence-electron chi connectivity index (χ4n) is 2.12. The number of benzene rings is 1. The lowest BCUT2D eigenvalue weighted by Crippen LogP contribution is -1.99. The molecule has 0 amide bonds. The maximum Gasteiger partial charge on any atom is 0.164 e. The van der Waals surface area contributed by atoms with E-state index in [1.54, 1.807) is 7.11 Å². The predicted molar refractivity (Wildman–Crippen MR) is 78.8 cm³/mol. The standard InChI is InChI=1S/C14H13ClN2OS/c1-8-3-4-9(12(5-8)18-2)14-16-11-7-19-6-10(11)13(15)17-14/h3-5H,6-7H2,1-2H3. The lowest BCUT2D eigenvalue weighted by molar-refractivity contribution is 0.416. The Morgan fingerprint density at radius 3 is 2.89 bits per heavy atom. The molecule has 0 atom stereocenters. The highest BCUT2D eigenvalue weighted by Crippen LogP contribution is 2.36. The molecule has 3 nitrogen and oxygen atoms in total. The molecule has 1 aliphatic heterocycles. The monoisotopic (exact) mass is 292 g/mol. The second-order valence-corrected chi connectivity index (χ2v) is 5.80. The molecule has 0 aliphatic carbocycles. The lowest BCUT2D eigenvalue weighted by atomic mass is 10.1. The Kier molecular flexibility index (Phi) is 3.37. The van der Waals surface area contributed by atoms with E-state index < -0.39 is 0 Å². The first-order valence-corrected chi connectivity index (χ1v) is 7.50. The van der Waals surface area contributed by atoms with Gasteiger partial charge in [-0.2, -0.15) is 11.8 Å². The molecule has 1 aromatic heterocycles. The molecule has 5 heteroatoms. The van der Waals surface area contributed by atoms with Gasteiger partial charge in [0.05, 0.1) is 18.4 Å². The molecule has 0 radical (unpaired) electrons. The van der Waals surface area contributed by atoms with Crippen LogP contribution in [0.5, 0.6) is 5.75 Å². The minimum atomic E-state index is 0.563. The highest BCUT2D eigenvalue weighted by Gasteiger charge is 2.20. The summed E-state index contributed by atoms with van der Waals surface area (Å²) in [7, 11) is 1.66. The number of thioether (sulfide) groups is 1. The molecule has 0 unspecified atom stereocenters.